The summed E-state index contributed by atoms with van der Waals surface area (Å²) in [4.78, 5) is 35.3. The van der Waals surface area contributed by atoms with Crippen molar-refractivity contribution in [2.75, 3.05) is 13.2 Å². The van der Waals surface area contributed by atoms with Gasteiger partial charge in [0.05, 0.1) is 12.6 Å². The fourth-order valence-corrected chi connectivity index (χ4v) is 4.18. The molecule has 0 aromatic heterocycles. The number of unbranched alkanes of at least 4 members (excludes halogenated alkanes) is 15. The first-order valence-electron chi connectivity index (χ1n) is 14.6. The third-order valence-electron chi connectivity index (χ3n) is 6.57. The first kappa shape index (κ1) is 34.3. The minimum absolute atomic E-state index is 0.0253. The van der Waals surface area contributed by atoms with Crippen LogP contribution in [0.15, 0.2) is 0 Å². The van der Waals surface area contributed by atoms with Crippen molar-refractivity contribution in [3.63, 3.8) is 0 Å². The molecule has 0 saturated heterocycles. The number of nitrogens with one attached hydrogen (secondary N) is 1. The highest BCUT2D eigenvalue weighted by Gasteiger charge is 2.24. The van der Waals surface area contributed by atoms with Crippen molar-refractivity contribution < 1.29 is 24.2 Å². The second-order valence-corrected chi connectivity index (χ2v) is 10.00. The van der Waals surface area contributed by atoms with Gasteiger partial charge in [0, 0.05) is 6.42 Å². The van der Waals surface area contributed by atoms with Crippen LogP contribution in [0.2, 0.25) is 0 Å². The highest BCUT2D eigenvalue weighted by atomic mass is 16.5. The second kappa shape index (κ2) is 25.0. The number of esters is 1. The molecule has 1 amide bonds. The predicted octanol–water partition coefficient (Wildman–Crippen LogP) is 5.21. The molecular weight excluding hydrogens is 458 g/mol. The number of hydrogen-bond donors (Lipinski definition) is 4. The van der Waals surface area contributed by atoms with E-state index in [1.54, 1.807) is 0 Å². The van der Waals surface area contributed by atoms with Gasteiger partial charge in [-0.25, -0.2) is 4.79 Å². The van der Waals surface area contributed by atoms with E-state index in [1.165, 1.54) is 83.5 Å². The van der Waals surface area contributed by atoms with Gasteiger partial charge < -0.3 is 26.6 Å². The van der Waals surface area contributed by atoms with Gasteiger partial charge in [0.25, 0.3) is 0 Å². The number of ether oxygens (including phenoxy) is 1. The molecule has 0 unspecified atom stereocenters. The highest BCUT2D eigenvalue weighted by molar-refractivity contribution is 5.87. The SMILES string of the molecule is CCCCCCCCCCCCCCCCCCOC(=O)CC[C@H](NC(=O)[C@@H](N)CCCN)C(=O)O. The van der Waals surface area contributed by atoms with E-state index >= 15 is 0 Å². The number of carboxylic acids is 1. The summed E-state index contributed by atoms with van der Waals surface area (Å²) in [5.41, 5.74) is 11.1. The lowest BCUT2D eigenvalue weighted by atomic mass is 10.0. The average Bonchev–Trinajstić information content (AvgIpc) is 2.86. The molecule has 0 fully saturated rings. The summed E-state index contributed by atoms with van der Waals surface area (Å²) in [6.45, 7) is 3.02. The van der Waals surface area contributed by atoms with Crippen LogP contribution in [-0.4, -0.2) is 48.2 Å². The molecule has 0 aliphatic heterocycles. The quantitative estimate of drug-likeness (QED) is 0.0918. The molecule has 8 nitrogen and oxygen atoms in total. The Balaban J connectivity index is 3.61. The Morgan fingerprint density at radius 2 is 1.22 bits per heavy atom. The Hall–Kier alpha value is -1.67. The van der Waals surface area contributed by atoms with Crippen LogP contribution >= 0.6 is 0 Å². The normalized spacial score (nSPS) is 12.8. The molecule has 36 heavy (non-hydrogen) atoms. The summed E-state index contributed by atoms with van der Waals surface area (Å²) >= 11 is 0. The standard InChI is InChI=1S/C28H55N3O5/c1-2-3-4-5-6-7-8-9-10-11-12-13-14-15-16-17-23-36-26(32)21-20-25(28(34)35)31-27(33)24(30)19-18-22-29/h24-25H,2-23,29-30H2,1H3,(H,31,33)(H,34,35)/t24-,25-/m0/s1. The smallest absolute Gasteiger partial charge is 0.326 e. The van der Waals surface area contributed by atoms with Gasteiger partial charge in [0.1, 0.15) is 6.04 Å². The number of carboxylic acid groups (broad SMARTS) is 1. The number of carbonyl (C=O) groups is 3. The van der Waals surface area contributed by atoms with Gasteiger partial charge in [-0.3, -0.25) is 9.59 Å². The van der Waals surface area contributed by atoms with Gasteiger partial charge in [-0.05, 0) is 32.2 Å². The van der Waals surface area contributed by atoms with E-state index in [0.717, 1.165) is 19.3 Å². The Morgan fingerprint density at radius 3 is 1.67 bits per heavy atom. The largest absolute Gasteiger partial charge is 0.480 e. The molecule has 8 heteroatoms. The molecule has 2 atom stereocenters. The second-order valence-electron chi connectivity index (χ2n) is 10.00. The number of hydrogen-bond acceptors (Lipinski definition) is 6. The van der Waals surface area contributed by atoms with Crippen molar-refractivity contribution >= 4 is 17.8 Å². The molecule has 0 spiro atoms. The van der Waals surface area contributed by atoms with E-state index in [-0.39, 0.29) is 12.8 Å². The molecule has 0 radical (unpaired) electrons. The molecule has 0 saturated carbocycles. The van der Waals surface area contributed by atoms with Crippen LogP contribution in [-0.2, 0) is 19.1 Å². The monoisotopic (exact) mass is 513 g/mol. The maximum Gasteiger partial charge on any atom is 0.326 e. The zero-order chi connectivity index (χ0) is 26.9. The zero-order valence-electron chi connectivity index (χ0n) is 22.9. The summed E-state index contributed by atoms with van der Waals surface area (Å²) in [5, 5.41) is 11.7. The van der Waals surface area contributed by atoms with E-state index in [4.69, 9.17) is 16.2 Å². The van der Waals surface area contributed by atoms with Crippen LogP contribution in [0.25, 0.3) is 0 Å². The zero-order valence-corrected chi connectivity index (χ0v) is 22.9. The number of aliphatic carboxylic acids is 1. The van der Waals surface area contributed by atoms with Crippen molar-refractivity contribution in [3.8, 4) is 0 Å². The lowest BCUT2D eigenvalue weighted by Gasteiger charge is -2.17. The Labute approximate surface area is 219 Å². The maximum absolute atomic E-state index is 12.0. The van der Waals surface area contributed by atoms with Crippen molar-refractivity contribution in [1.82, 2.24) is 5.32 Å². The number of rotatable bonds is 26. The van der Waals surface area contributed by atoms with Gasteiger partial charge >= 0.3 is 11.9 Å². The van der Waals surface area contributed by atoms with Gasteiger partial charge in [-0.15, -0.1) is 0 Å². The average molecular weight is 514 g/mol. The predicted molar refractivity (Wildman–Crippen MR) is 146 cm³/mol. The maximum atomic E-state index is 12.0. The van der Waals surface area contributed by atoms with Crippen molar-refractivity contribution in [2.45, 2.75) is 147 Å². The lowest BCUT2D eigenvalue weighted by molar-refractivity contribution is -0.145. The van der Waals surface area contributed by atoms with Crippen LogP contribution in [0, 0.1) is 0 Å². The molecule has 0 aromatic rings. The van der Waals surface area contributed by atoms with Gasteiger partial charge in [0.15, 0.2) is 0 Å². The lowest BCUT2D eigenvalue weighted by Crippen LogP contribution is -2.48. The summed E-state index contributed by atoms with van der Waals surface area (Å²) in [5.74, 6) is -2.18. The summed E-state index contributed by atoms with van der Waals surface area (Å²) in [6.07, 6.45) is 21.5. The van der Waals surface area contributed by atoms with Gasteiger partial charge in [0.2, 0.25) is 5.91 Å². The fraction of sp³-hybridized carbons (Fsp3) is 0.893. The number of amides is 1. The van der Waals surface area contributed by atoms with E-state index in [1.807, 2.05) is 0 Å². The summed E-state index contributed by atoms with van der Waals surface area (Å²) in [7, 11) is 0. The van der Waals surface area contributed by atoms with Crippen LogP contribution in [0.1, 0.15) is 135 Å². The third kappa shape index (κ3) is 21.6. The van der Waals surface area contributed by atoms with Crippen molar-refractivity contribution in [3.05, 3.63) is 0 Å². The molecule has 0 aromatic carbocycles. The number of nitrogens with two attached hydrogens (primary N) is 2. The van der Waals surface area contributed by atoms with Gasteiger partial charge in [-0.1, -0.05) is 103 Å². The van der Waals surface area contributed by atoms with Gasteiger partial charge in [-0.2, -0.15) is 0 Å². The molecule has 0 bridgehead atoms. The molecule has 0 rings (SSSR count). The van der Waals surface area contributed by atoms with Crippen LogP contribution in [0.3, 0.4) is 0 Å². The van der Waals surface area contributed by atoms with E-state index in [0.29, 0.717) is 26.0 Å². The molecule has 0 aliphatic rings. The van der Waals surface area contributed by atoms with E-state index in [2.05, 4.69) is 12.2 Å². The third-order valence-corrected chi connectivity index (χ3v) is 6.57. The molecule has 0 aliphatic carbocycles. The highest BCUT2D eigenvalue weighted by Crippen LogP contribution is 2.14. The van der Waals surface area contributed by atoms with Crippen LogP contribution < -0.4 is 16.8 Å². The Kier molecular flexibility index (Phi) is 23.8. The number of carbonyl (C=O) groups excluding carboxylic acids is 2. The minimum Gasteiger partial charge on any atom is -0.480 e. The Bertz CT molecular complexity index is 559. The summed E-state index contributed by atoms with van der Waals surface area (Å²) < 4.78 is 5.21. The first-order chi connectivity index (χ1) is 17.4. The summed E-state index contributed by atoms with van der Waals surface area (Å²) in [6, 6.07) is -1.97. The van der Waals surface area contributed by atoms with Crippen LogP contribution in [0.4, 0.5) is 0 Å². The molecule has 212 valence electrons. The fourth-order valence-electron chi connectivity index (χ4n) is 4.18. The first-order valence-corrected chi connectivity index (χ1v) is 14.6. The molecule has 6 N–H and O–H groups in total. The molecule has 0 heterocycles. The van der Waals surface area contributed by atoms with E-state index < -0.39 is 29.9 Å². The van der Waals surface area contributed by atoms with E-state index in [9.17, 15) is 19.5 Å². The molecular formula is C28H55N3O5. The Morgan fingerprint density at radius 1 is 0.750 bits per heavy atom. The van der Waals surface area contributed by atoms with Crippen molar-refractivity contribution in [2.24, 2.45) is 11.5 Å². The van der Waals surface area contributed by atoms with Crippen LogP contribution in [0.5, 0.6) is 0 Å². The minimum atomic E-state index is -1.19. The topological polar surface area (TPSA) is 145 Å². The van der Waals surface area contributed by atoms with Crippen molar-refractivity contribution in [1.29, 1.82) is 0 Å².